The van der Waals surface area contributed by atoms with E-state index in [2.05, 4.69) is 33.2 Å². The highest BCUT2D eigenvalue weighted by atomic mass is 16.5. The maximum absolute atomic E-state index is 13.2. The van der Waals surface area contributed by atoms with E-state index in [-0.39, 0.29) is 17.9 Å². The number of para-hydroxylation sites is 1. The minimum atomic E-state index is -0.179. The summed E-state index contributed by atoms with van der Waals surface area (Å²) in [6.07, 6.45) is 5.75. The van der Waals surface area contributed by atoms with Crippen LogP contribution in [0.4, 0.5) is 0 Å². The van der Waals surface area contributed by atoms with Gasteiger partial charge in [-0.2, -0.15) is 0 Å². The van der Waals surface area contributed by atoms with Crippen LogP contribution in [0.5, 0.6) is 5.75 Å². The molecule has 1 aliphatic heterocycles. The number of pyridine rings is 2. The second kappa shape index (κ2) is 10.4. The number of ether oxygens (including phenoxy) is 1. The van der Waals surface area contributed by atoms with Gasteiger partial charge in [0.05, 0.1) is 30.1 Å². The molecular formula is C26H30N4O2. The van der Waals surface area contributed by atoms with Crippen molar-refractivity contribution in [1.29, 1.82) is 0 Å². The van der Waals surface area contributed by atoms with E-state index in [1.807, 2.05) is 48.7 Å². The van der Waals surface area contributed by atoms with Gasteiger partial charge in [-0.15, -0.1) is 0 Å². The number of nitrogens with one attached hydrogen (secondary N) is 1. The van der Waals surface area contributed by atoms with Crippen LogP contribution in [0.1, 0.15) is 46.2 Å². The van der Waals surface area contributed by atoms with Gasteiger partial charge in [-0.3, -0.25) is 19.7 Å². The molecule has 6 nitrogen and oxygen atoms in total. The van der Waals surface area contributed by atoms with Gasteiger partial charge in [-0.25, -0.2) is 0 Å². The molecular weight excluding hydrogens is 400 g/mol. The second-order valence-electron chi connectivity index (χ2n) is 8.31. The van der Waals surface area contributed by atoms with Gasteiger partial charge in [-0.1, -0.05) is 24.3 Å². The third-order valence-corrected chi connectivity index (χ3v) is 6.15. The highest BCUT2D eigenvalue weighted by Crippen LogP contribution is 2.30. The molecule has 32 heavy (non-hydrogen) atoms. The SMILES string of the molecule is COc1ccccc1C(=O)N[C@H](c1ccccn1)[C@H]1CCCN(Cc2ncccc2C)C1. The standard InChI is InChI=1S/C26H30N4O2/c1-19-9-7-15-28-23(19)18-30-16-8-10-20(17-30)25(22-12-5-6-14-27-22)29-26(31)21-11-3-4-13-24(21)32-2/h3-7,9,11-15,20,25H,8,10,16-18H2,1-2H3,(H,29,31)/t20-,25-/m0/s1. The maximum Gasteiger partial charge on any atom is 0.255 e. The van der Waals surface area contributed by atoms with E-state index >= 15 is 0 Å². The molecule has 0 aliphatic carbocycles. The molecule has 6 heteroatoms. The summed E-state index contributed by atoms with van der Waals surface area (Å²) in [6, 6.07) is 17.1. The minimum absolute atomic E-state index is 0.143. The quantitative estimate of drug-likeness (QED) is 0.609. The fourth-order valence-electron chi connectivity index (χ4n) is 4.45. The van der Waals surface area contributed by atoms with E-state index in [9.17, 15) is 4.79 Å². The molecule has 1 amide bonds. The summed E-state index contributed by atoms with van der Waals surface area (Å²) >= 11 is 0. The van der Waals surface area contributed by atoms with Crippen LogP contribution in [-0.2, 0) is 6.54 Å². The summed E-state index contributed by atoms with van der Waals surface area (Å²) in [5, 5.41) is 3.27. The minimum Gasteiger partial charge on any atom is -0.496 e. The molecule has 3 aromatic rings. The third kappa shape index (κ3) is 5.14. The summed E-state index contributed by atoms with van der Waals surface area (Å²) in [6.45, 7) is 4.83. The van der Waals surface area contributed by atoms with Gasteiger partial charge < -0.3 is 10.1 Å². The number of piperidine rings is 1. The van der Waals surface area contributed by atoms with E-state index < -0.39 is 0 Å². The molecule has 0 unspecified atom stereocenters. The van der Waals surface area contributed by atoms with Crippen molar-refractivity contribution < 1.29 is 9.53 Å². The van der Waals surface area contributed by atoms with Crippen molar-refractivity contribution in [3.8, 4) is 5.75 Å². The van der Waals surface area contributed by atoms with E-state index in [1.165, 1.54) is 5.56 Å². The Kier molecular flexibility index (Phi) is 7.12. The number of benzene rings is 1. The molecule has 1 saturated heterocycles. The number of hydrogen-bond acceptors (Lipinski definition) is 5. The van der Waals surface area contributed by atoms with Crippen LogP contribution in [0.3, 0.4) is 0 Å². The Morgan fingerprint density at radius 2 is 1.94 bits per heavy atom. The molecule has 0 bridgehead atoms. The zero-order chi connectivity index (χ0) is 22.3. The molecule has 0 spiro atoms. The van der Waals surface area contributed by atoms with Crippen molar-refractivity contribution in [2.24, 2.45) is 5.92 Å². The molecule has 0 saturated carbocycles. The fraction of sp³-hybridized carbons (Fsp3) is 0.346. The number of methoxy groups -OCH3 is 1. The van der Waals surface area contributed by atoms with Crippen LogP contribution in [0.15, 0.2) is 67.0 Å². The zero-order valence-corrected chi connectivity index (χ0v) is 18.7. The molecule has 0 radical (unpaired) electrons. The van der Waals surface area contributed by atoms with Crippen LogP contribution in [0.25, 0.3) is 0 Å². The maximum atomic E-state index is 13.2. The lowest BCUT2D eigenvalue weighted by Crippen LogP contribution is -2.43. The predicted octanol–water partition coefficient (Wildman–Crippen LogP) is 4.18. The number of aromatic nitrogens is 2. The van der Waals surface area contributed by atoms with Crippen molar-refractivity contribution in [3.05, 3.63) is 89.5 Å². The highest BCUT2D eigenvalue weighted by Gasteiger charge is 2.31. The Bertz CT molecular complexity index is 1040. The largest absolute Gasteiger partial charge is 0.496 e. The van der Waals surface area contributed by atoms with Gasteiger partial charge in [0.2, 0.25) is 0 Å². The van der Waals surface area contributed by atoms with Crippen molar-refractivity contribution >= 4 is 5.91 Å². The van der Waals surface area contributed by atoms with Crippen LogP contribution in [-0.4, -0.2) is 41.0 Å². The summed E-state index contributed by atoms with van der Waals surface area (Å²) in [4.78, 5) is 24.8. The summed E-state index contributed by atoms with van der Waals surface area (Å²) in [5.74, 6) is 0.679. The first kappa shape index (κ1) is 22.0. The van der Waals surface area contributed by atoms with Crippen molar-refractivity contribution in [2.45, 2.75) is 32.4 Å². The van der Waals surface area contributed by atoms with Crippen molar-refractivity contribution in [2.75, 3.05) is 20.2 Å². The van der Waals surface area contributed by atoms with Gasteiger partial charge in [0.15, 0.2) is 0 Å². The average molecular weight is 431 g/mol. The number of rotatable bonds is 7. The van der Waals surface area contributed by atoms with E-state index in [1.54, 1.807) is 19.4 Å². The zero-order valence-electron chi connectivity index (χ0n) is 18.7. The van der Waals surface area contributed by atoms with Gasteiger partial charge in [0.25, 0.3) is 5.91 Å². The van der Waals surface area contributed by atoms with Crippen LogP contribution in [0, 0.1) is 12.8 Å². The predicted molar refractivity (Wildman–Crippen MR) is 124 cm³/mol. The lowest BCUT2D eigenvalue weighted by atomic mass is 9.88. The third-order valence-electron chi connectivity index (χ3n) is 6.15. The average Bonchev–Trinajstić information content (AvgIpc) is 2.84. The molecule has 1 N–H and O–H groups in total. The Labute approximate surface area is 189 Å². The van der Waals surface area contributed by atoms with Crippen LogP contribution < -0.4 is 10.1 Å². The molecule has 2 atom stereocenters. The Morgan fingerprint density at radius 3 is 2.72 bits per heavy atom. The Morgan fingerprint density at radius 1 is 1.12 bits per heavy atom. The van der Waals surface area contributed by atoms with Crippen molar-refractivity contribution in [1.82, 2.24) is 20.2 Å². The number of carbonyl (C=O) groups excluding carboxylic acids is 1. The lowest BCUT2D eigenvalue weighted by molar-refractivity contribution is 0.0871. The second-order valence-corrected chi connectivity index (χ2v) is 8.31. The van der Waals surface area contributed by atoms with E-state index in [0.717, 1.165) is 43.9 Å². The lowest BCUT2D eigenvalue weighted by Gasteiger charge is -2.37. The summed E-state index contributed by atoms with van der Waals surface area (Å²) < 4.78 is 5.40. The highest BCUT2D eigenvalue weighted by molar-refractivity contribution is 5.97. The molecule has 2 aromatic heterocycles. The van der Waals surface area contributed by atoms with E-state index in [0.29, 0.717) is 11.3 Å². The number of hydrogen-bond donors (Lipinski definition) is 1. The van der Waals surface area contributed by atoms with Crippen LogP contribution in [0.2, 0.25) is 0 Å². The summed E-state index contributed by atoms with van der Waals surface area (Å²) in [7, 11) is 1.58. The first-order valence-electron chi connectivity index (χ1n) is 11.1. The summed E-state index contributed by atoms with van der Waals surface area (Å²) in [5.41, 5.74) is 3.74. The van der Waals surface area contributed by atoms with Crippen molar-refractivity contribution in [3.63, 3.8) is 0 Å². The number of amides is 1. The molecule has 1 fully saturated rings. The number of aryl methyl sites for hydroxylation is 1. The number of nitrogens with zero attached hydrogens (tertiary/aromatic N) is 3. The first-order chi connectivity index (χ1) is 15.7. The van der Waals surface area contributed by atoms with Gasteiger partial charge in [0.1, 0.15) is 5.75 Å². The first-order valence-corrected chi connectivity index (χ1v) is 11.1. The number of carbonyl (C=O) groups is 1. The van der Waals surface area contributed by atoms with Crippen LogP contribution >= 0.6 is 0 Å². The molecule has 1 aromatic carbocycles. The molecule has 4 rings (SSSR count). The number of likely N-dealkylation sites (tertiary alicyclic amines) is 1. The van der Waals surface area contributed by atoms with E-state index in [4.69, 9.17) is 4.74 Å². The van der Waals surface area contributed by atoms with Gasteiger partial charge >= 0.3 is 0 Å². The molecule has 1 aliphatic rings. The molecule has 166 valence electrons. The Balaban J connectivity index is 1.55. The van der Waals surface area contributed by atoms with Gasteiger partial charge in [-0.05, 0) is 68.1 Å². The van der Waals surface area contributed by atoms with Gasteiger partial charge in [0, 0.05) is 25.5 Å². The fourth-order valence-corrected chi connectivity index (χ4v) is 4.45. The normalized spacial score (nSPS) is 17.5. The monoisotopic (exact) mass is 430 g/mol. The Hall–Kier alpha value is -3.25. The smallest absolute Gasteiger partial charge is 0.255 e. The topological polar surface area (TPSA) is 67.3 Å². The molecule has 3 heterocycles.